The van der Waals surface area contributed by atoms with Gasteiger partial charge in [-0.3, -0.25) is 9.35 Å². The predicted molar refractivity (Wildman–Crippen MR) is 126 cm³/mol. The third-order valence-electron chi connectivity index (χ3n) is 4.57. The molecule has 32 heavy (non-hydrogen) atoms. The number of nitrogens with one attached hydrogen (secondary N) is 1. The minimum atomic E-state index is -3.67. The third kappa shape index (κ3) is 5.82. The van der Waals surface area contributed by atoms with Gasteiger partial charge in [0.05, 0.1) is 23.6 Å². The number of para-hydroxylation sites is 1. The zero-order valence-electron chi connectivity index (χ0n) is 17.3. The van der Waals surface area contributed by atoms with Crippen LogP contribution in [0.15, 0.2) is 89.9 Å². The lowest BCUT2D eigenvalue weighted by Gasteiger charge is -2.28. The maximum Gasteiger partial charge on any atom is 0.261 e. The molecule has 0 radical (unpaired) electrons. The van der Waals surface area contributed by atoms with Crippen molar-refractivity contribution in [1.29, 1.82) is 5.26 Å². The summed E-state index contributed by atoms with van der Waals surface area (Å²) in [7, 11) is -3.67. The van der Waals surface area contributed by atoms with E-state index >= 15 is 0 Å². The van der Waals surface area contributed by atoms with Crippen molar-refractivity contribution in [1.82, 2.24) is 4.98 Å². The molecule has 0 atom stereocenters. The van der Waals surface area contributed by atoms with Gasteiger partial charge >= 0.3 is 0 Å². The fraction of sp³-hybridized carbons (Fsp3) is 0.0833. The average molecular weight is 448 g/mol. The molecule has 4 rings (SSSR count). The summed E-state index contributed by atoms with van der Waals surface area (Å²) in [5.74, 6) is 0. The molecule has 0 amide bonds. The van der Waals surface area contributed by atoms with E-state index in [2.05, 4.69) is 34.2 Å². The van der Waals surface area contributed by atoms with Gasteiger partial charge in [-0.15, -0.1) is 0 Å². The van der Waals surface area contributed by atoms with Crippen molar-refractivity contribution in [3.63, 3.8) is 0 Å². The van der Waals surface area contributed by atoms with Gasteiger partial charge in [0.25, 0.3) is 15.7 Å². The first-order valence-electron chi connectivity index (χ1n) is 9.62. The molecule has 2 aromatic carbocycles. The van der Waals surface area contributed by atoms with Crippen molar-refractivity contribution in [3.8, 4) is 17.2 Å². The minimum absolute atomic E-state index is 0.209. The molecule has 1 aliphatic rings. The Morgan fingerprint density at radius 2 is 1.72 bits per heavy atom. The van der Waals surface area contributed by atoms with Crippen molar-refractivity contribution in [2.75, 3.05) is 17.7 Å². The van der Waals surface area contributed by atoms with Gasteiger partial charge in [0.2, 0.25) is 0 Å². The Morgan fingerprint density at radius 1 is 1.06 bits per heavy atom. The van der Waals surface area contributed by atoms with Gasteiger partial charge in [0.1, 0.15) is 0 Å². The summed E-state index contributed by atoms with van der Waals surface area (Å²) in [6.07, 6.45) is 8.58. The molecule has 1 aliphatic heterocycles. The number of nitriles is 1. The van der Waals surface area contributed by atoms with Crippen LogP contribution in [0, 0.1) is 11.3 Å². The molecule has 162 valence electrons. The molecule has 0 spiro atoms. The zero-order chi connectivity index (χ0) is 23.1. The van der Waals surface area contributed by atoms with Crippen LogP contribution >= 0.6 is 0 Å². The van der Waals surface area contributed by atoms with Gasteiger partial charge in [-0.2, -0.15) is 13.7 Å². The van der Waals surface area contributed by atoms with Crippen LogP contribution in [0.4, 0.5) is 5.69 Å². The lowest BCUT2D eigenvalue weighted by molar-refractivity contribution is 0.490. The van der Waals surface area contributed by atoms with Gasteiger partial charge in [-0.25, -0.2) is 0 Å². The number of hydrogen-bond acceptors (Lipinski definition) is 5. The highest BCUT2D eigenvalue weighted by Crippen LogP contribution is 2.30. The zero-order valence-corrected chi connectivity index (χ0v) is 18.1. The molecule has 1 aromatic heterocycles. The second-order valence-electron chi connectivity index (χ2n) is 6.95. The monoisotopic (exact) mass is 447 g/mol. The van der Waals surface area contributed by atoms with Crippen molar-refractivity contribution in [2.45, 2.75) is 0 Å². The summed E-state index contributed by atoms with van der Waals surface area (Å²) in [5, 5.41) is 9.39. The Bertz CT molecular complexity index is 1360. The predicted octanol–water partition coefficient (Wildman–Crippen LogP) is 3.83. The van der Waals surface area contributed by atoms with Crippen LogP contribution in [0.5, 0.6) is 0 Å². The topological polar surface area (TPSA) is 114 Å². The highest BCUT2D eigenvalue weighted by atomic mass is 32.2. The Morgan fingerprint density at radius 3 is 2.41 bits per heavy atom. The maximum atomic E-state index is 12.5. The number of hydrogen-bond donors (Lipinski definition) is 2. The first-order chi connectivity index (χ1) is 15.3. The molecule has 0 saturated heterocycles. The Labute approximate surface area is 186 Å². The molecule has 2 N–H and O–H groups in total. The van der Waals surface area contributed by atoms with Gasteiger partial charge in [0.15, 0.2) is 0 Å². The number of H-pyrrole nitrogens is 1. The molecule has 7 nitrogen and oxygen atoms in total. The van der Waals surface area contributed by atoms with E-state index in [-0.39, 0.29) is 5.56 Å². The Kier molecular flexibility index (Phi) is 7.05. The molecule has 8 heteroatoms. The SMILES string of the molecule is CS(=O)(=O)O.N#Cc1ccccc1-c1cc(C2=CC=CCN2c2ccccc2)c[nH]c1=O. The van der Waals surface area contributed by atoms with Crippen LogP contribution in [0.2, 0.25) is 0 Å². The minimum Gasteiger partial charge on any atom is -0.337 e. The van der Waals surface area contributed by atoms with Gasteiger partial charge in [-0.05, 0) is 30.3 Å². The largest absolute Gasteiger partial charge is 0.337 e. The quantitative estimate of drug-likeness (QED) is 0.590. The number of allylic oxidation sites excluding steroid dienone is 2. The fourth-order valence-corrected chi connectivity index (χ4v) is 3.27. The van der Waals surface area contributed by atoms with E-state index in [0.717, 1.165) is 23.5 Å². The fourth-order valence-electron chi connectivity index (χ4n) is 3.27. The summed E-state index contributed by atoms with van der Waals surface area (Å²) in [6, 6.07) is 21.3. The first kappa shape index (κ1) is 22.7. The normalized spacial score (nSPS) is 12.9. The van der Waals surface area contributed by atoms with E-state index in [0.29, 0.717) is 22.9 Å². The first-order valence-corrected chi connectivity index (χ1v) is 11.5. The molecule has 0 unspecified atom stereocenters. The van der Waals surface area contributed by atoms with Crippen LogP contribution in [0.3, 0.4) is 0 Å². The number of benzene rings is 2. The van der Waals surface area contributed by atoms with Crippen LogP contribution in [-0.4, -0.2) is 30.8 Å². The molecule has 0 saturated carbocycles. The molecule has 0 fully saturated rings. The van der Waals surface area contributed by atoms with Crippen LogP contribution < -0.4 is 10.5 Å². The summed E-state index contributed by atoms with van der Waals surface area (Å²) in [4.78, 5) is 17.5. The number of aromatic amines is 1. The Hall–Kier alpha value is -3.93. The number of aromatic nitrogens is 1. The van der Waals surface area contributed by atoms with E-state index in [1.54, 1.807) is 24.4 Å². The smallest absolute Gasteiger partial charge is 0.261 e. The number of pyridine rings is 1. The van der Waals surface area contributed by atoms with E-state index in [1.807, 2.05) is 42.5 Å². The average Bonchev–Trinajstić information content (AvgIpc) is 2.79. The molecule has 3 aromatic rings. The van der Waals surface area contributed by atoms with Crippen molar-refractivity contribution < 1.29 is 13.0 Å². The second-order valence-corrected chi connectivity index (χ2v) is 8.41. The van der Waals surface area contributed by atoms with E-state index in [4.69, 9.17) is 4.55 Å². The van der Waals surface area contributed by atoms with E-state index in [9.17, 15) is 18.5 Å². The van der Waals surface area contributed by atoms with Crippen molar-refractivity contribution >= 4 is 21.5 Å². The third-order valence-corrected chi connectivity index (χ3v) is 4.57. The summed E-state index contributed by atoms with van der Waals surface area (Å²) < 4.78 is 25.9. The molecule has 2 heterocycles. The van der Waals surface area contributed by atoms with E-state index < -0.39 is 10.1 Å². The van der Waals surface area contributed by atoms with Crippen LogP contribution in [0.25, 0.3) is 16.8 Å². The number of rotatable bonds is 3. The van der Waals surface area contributed by atoms with Gasteiger partial charge in [-0.1, -0.05) is 48.6 Å². The lowest BCUT2D eigenvalue weighted by Crippen LogP contribution is -2.24. The highest BCUT2D eigenvalue weighted by Gasteiger charge is 2.17. The van der Waals surface area contributed by atoms with Gasteiger partial charge < -0.3 is 9.88 Å². The molecular formula is C24H21N3O4S. The van der Waals surface area contributed by atoms with E-state index in [1.165, 1.54) is 0 Å². The number of anilines is 1. The lowest BCUT2D eigenvalue weighted by atomic mass is 9.99. The summed E-state index contributed by atoms with van der Waals surface area (Å²) in [5.41, 5.74) is 4.38. The maximum absolute atomic E-state index is 12.5. The second kappa shape index (κ2) is 9.92. The number of nitrogens with zero attached hydrogens (tertiary/aromatic N) is 2. The molecular weight excluding hydrogens is 426 g/mol. The summed E-state index contributed by atoms with van der Waals surface area (Å²) in [6.45, 7) is 0.749. The van der Waals surface area contributed by atoms with Gasteiger partial charge in [0, 0.05) is 35.1 Å². The van der Waals surface area contributed by atoms with Crippen LogP contribution in [0.1, 0.15) is 11.1 Å². The van der Waals surface area contributed by atoms with Crippen molar-refractivity contribution in [2.24, 2.45) is 0 Å². The highest BCUT2D eigenvalue weighted by molar-refractivity contribution is 7.85. The molecule has 0 bridgehead atoms. The summed E-state index contributed by atoms with van der Waals surface area (Å²) >= 11 is 0. The molecule has 0 aliphatic carbocycles. The standard InChI is InChI=1S/C23H17N3O.CH4O3S/c24-15-17-8-4-5-11-20(17)21-14-18(16-25-23(21)27)22-12-6-7-13-26(22)19-9-2-1-3-10-19;1-5(2,3)4/h1-12,14,16H,13H2,(H,25,27);1H3,(H,2,3,4). The van der Waals surface area contributed by atoms with Crippen LogP contribution in [-0.2, 0) is 10.1 Å². The Balaban J connectivity index is 0.000000523. The van der Waals surface area contributed by atoms with Crippen molar-refractivity contribution in [3.05, 3.63) is 107 Å².